The monoisotopic (exact) mass is 303 g/mol. The molecule has 0 aromatic heterocycles. The molecule has 110 valence electrons. The minimum atomic E-state index is -0.402. The SMILES string of the molecule is CCc1ccc(CNc2ccc(Cl)cc2C(=O)OC)cc1. The topological polar surface area (TPSA) is 38.3 Å². The maximum absolute atomic E-state index is 11.8. The van der Waals surface area contributed by atoms with Crippen LogP contribution in [0.1, 0.15) is 28.4 Å². The van der Waals surface area contributed by atoms with Gasteiger partial charge in [-0.25, -0.2) is 4.79 Å². The first kappa shape index (κ1) is 15.4. The van der Waals surface area contributed by atoms with E-state index in [4.69, 9.17) is 16.3 Å². The molecular weight excluding hydrogens is 286 g/mol. The van der Waals surface area contributed by atoms with Gasteiger partial charge in [0.05, 0.1) is 12.7 Å². The van der Waals surface area contributed by atoms with Crippen LogP contribution in [0.5, 0.6) is 0 Å². The third-order valence-corrected chi connectivity index (χ3v) is 3.54. The maximum Gasteiger partial charge on any atom is 0.340 e. The van der Waals surface area contributed by atoms with Crippen LogP contribution in [0.25, 0.3) is 0 Å². The fourth-order valence-electron chi connectivity index (χ4n) is 2.04. The van der Waals surface area contributed by atoms with Crippen molar-refractivity contribution in [2.24, 2.45) is 0 Å². The van der Waals surface area contributed by atoms with Crippen LogP contribution in [-0.2, 0) is 17.7 Å². The van der Waals surface area contributed by atoms with Crippen molar-refractivity contribution in [3.8, 4) is 0 Å². The van der Waals surface area contributed by atoms with Crippen LogP contribution in [0.2, 0.25) is 5.02 Å². The van der Waals surface area contributed by atoms with E-state index in [-0.39, 0.29) is 0 Å². The summed E-state index contributed by atoms with van der Waals surface area (Å²) >= 11 is 5.93. The molecule has 21 heavy (non-hydrogen) atoms. The van der Waals surface area contributed by atoms with Gasteiger partial charge in [0.2, 0.25) is 0 Å². The van der Waals surface area contributed by atoms with Crippen LogP contribution in [0.3, 0.4) is 0 Å². The molecule has 0 bridgehead atoms. The number of methoxy groups -OCH3 is 1. The predicted molar refractivity (Wildman–Crippen MR) is 85.9 cm³/mol. The normalized spacial score (nSPS) is 10.2. The van der Waals surface area contributed by atoms with Crippen molar-refractivity contribution in [2.75, 3.05) is 12.4 Å². The fourth-order valence-corrected chi connectivity index (χ4v) is 2.21. The summed E-state index contributed by atoms with van der Waals surface area (Å²) in [7, 11) is 1.36. The Balaban J connectivity index is 2.13. The number of anilines is 1. The second kappa shape index (κ2) is 7.14. The number of hydrogen-bond donors (Lipinski definition) is 1. The Hall–Kier alpha value is -2.00. The summed E-state index contributed by atoms with van der Waals surface area (Å²) in [6.45, 7) is 2.76. The summed E-state index contributed by atoms with van der Waals surface area (Å²) in [5.41, 5.74) is 3.61. The molecule has 4 heteroatoms. The van der Waals surface area contributed by atoms with Gasteiger partial charge in [0, 0.05) is 17.3 Å². The van der Waals surface area contributed by atoms with Crippen molar-refractivity contribution >= 4 is 23.3 Å². The highest BCUT2D eigenvalue weighted by Crippen LogP contribution is 2.22. The van der Waals surface area contributed by atoms with Crippen LogP contribution in [-0.4, -0.2) is 13.1 Å². The Morgan fingerprint density at radius 3 is 2.43 bits per heavy atom. The van der Waals surface area contributed by atoms with E-state index in [1.54, 1.807) is 18.2 Å². The van der Waals surface area contributed by atoms with Gasteiger partial charge in [0.15, 0.2) is 0 Å². The molecule has 2 rings (SSSR count). The van der Waals surface area contributed by atoms with Gasteiger partial charge in [-0.1, -0.05) is 42.8 Å². The number of rotatable bonds is 5. The number of benzene rings is 2. The number of carbonyl (C=O) groups is 1. The molecule has 0 heterocycles. The number of halogens is 1. The Morgan fingerprint density at radius 2 is 1.81 bits per heavy atom. The van der Waals surface area contributed by atoms with E-state index in [1.807, 2.05) is 0 Å². The molecule has 0 unspecified atom stereocenters. The minimum absolute atomic E-state index is 0.402. The van der Waals surface area contributed by atoms with Gasteiger partial charge in [0.1, 0.15) is 0 Å². The first-order valence-electron chi connectivity index (χ1n) is 6.83. The molecule has 2 aromatic rings. The molecule has 0 fully saturated rings. The van der Waals surface area contributed by atoms with E-state index in [0.717, 1.165) is 12.0 Å². The summed E-state index contributed by atoms with van der Waals surface area (Å²) in [5, 5.41) is 3.76. The lowest BCUT2D eigenvalue weighted by Crippen LogP contribution is -2.08. The Labute approximate surface area is 129 Å². The van der Waals surface area contributed by atoms with Gasteiger partial charge in [-0.2, -0.15) is 0 Å². The standard InChI is InChI=1S/C17H18ClNO2/c1-3-12-4-6-13(7-5-12)11-19-16-9-8-14(18)10-15(16)17(20)21-2/h4-10,19H,3,11H2,1-2H3. The highest BCUT2D eigenvalue weighted by Gasteiger charge is 2.12. The van der Waals surface area contributed by atoms with Gasteiger partial charge < -0.3 is 10.1 Å². The van der Waals surface area contributed by atoms with Gasteiger partial charge in [-0.15, -0.1) is 0 Å². The first-order valence-corrected chi connectivity index (χ1v) is 7.21. The molecule has 3 nitrogen and oxygen atoms in total. The van der Waals surface area contributed by atoms with Gasteiger partial charge >= 0.3 is 5.97 Å². The van der Waals surface area contributed by atoms with Gasteiger partial charge in [-0.05, 0) is 35.7 Å². The largest absolute Gasteiger partial charge is 0.465 e. The van der Waals surface area contributed by atoms with Crippen molar-refractivity contribution in [1.29, 1.82) is 0 Å². The zero-order valence-electron chi connectivity index (χ0n) is 12.2. The smallest absolute Gasteiger partial charge is 0.340 e. The summed E-state index contributed by atoms with van der Waals surface area (Å²) in [6.07, 6.45) is 1.03. The molecule has 0 radical (unpaired) electrons. The van der Waals surface area contributed by atoms with Crippen LogP contribution < -0.4 is 5.32 Å². The molecule has 0 aliphatic carbocycles. The number of carbonyl (C=O) groups excluding carboxylic acids is 1. The molecule has 0 spiro atoms. The van der Waals surface area contributed by atoms with E-state index in [2.05, 4.69) is 36.5 Å². The number of nitrogens with one attached hydrogen (secondary N) is 1. The zero-order chi connectivity index (χ0) is 15.2. The molecule has 1 N–H and O–H groups in total. The van der Waals surface area contributed by atoms with Gasteiger partial charge in [-0.3, -0.25) is 0 Å². The molecule has 0 amide bonds. The number of hydrogen-bond acceptors (Lipinski definition) is 3. The molecular formula is C17H18ClNO2. The third kappa shape index (κ3) is 3.99. The number of ether oxygens (including phenoxy) is 1. The zero-order valence-corrected chi connectivity index (χ0v) is 12.9. The van der Waals surface area contributed by atoms with E-state index >= 15 is 0 Å². The molecule has 0 saturated heterocycles. The van der Waals surface area contributed by atoms with Crippen molar-refractivity contribution in [3.63, 3.8) is 0 Å². The molecule has 0 atom stereocenters. The summed E-state index contributed by atoms with van der Waals surface area (Å²) in [6, 6.07) is 13.5. The van der Waals surface area contributed by atoms with Crippen molar-refractivity contribution < 1.29 is 9.53 Å². The van der Waals surface area contributed by atoms with Crippen molar-refractivity contribution in [1.82, 2.24) is 0 Å². The molecule has 0 aliphatic rings. The van der Waals surface area contributed by atoms with Gasteiger partial charge in [0.25, 0.3) is 0 Å². The molecule has 0 aliphatic heterocycles. The van der Waals surface area contributed by atoms with Crippen molar-refractivity contribution in [2.45, 2.75) is 19.9 Å². The number of esters is 1. The van der Waals surface area contributed by atoms with E-state index in [9.17, 15) is 4.79 Å². The lowest BCUT2D eigenvalue weighted by atomic mass is 10.1. The highest BCUT2D eigenvalue weighted by atomic mass is 35.5. The van der Waals surface area contributed by atoms with Crippen LogP contribution in [0.15, 0.2) is 42.5 Å². The third-order valence-electron chi connectivity index (χ3n) is 3.30. The Kier molecular flexibility index (Phi) is 5.23. The first-order chi connectivity index (χ1) is 10.1. The van der Waals surface area contributed by atoms with E-state index in [0.29, 0.717) is 22.8 Å². The summed E-state index contributed by atoms with van der Waals surface area (Å²) in [5.74, 6) is -0.402. The van der Waals surface area contributed by atoms with Crippen LogP contribution in [0, 0.1) is 0 Å². The second-order valence-electron chi connectivity index (χ2n) is 4.71. The quantitative estimate of drug-likeness (QED) is 0.837. The Morgan fingerprint density at radius 1 is 1.14 bits per heavy atom. The predicted octanol–water partition coefficient (Wildman–Crippen LogP) is 4.30. The van der Waals surface area contributed by atoms with Crippen LogP contribution in [0.4, 0.5) is 5.69 Å². The summed E-state index contributed by atoms with van der Waals surface area (Å²) < 4.78 is 4.78. The molecule has 0 saturated carbocycles. The maximum atomic E-state index is 11.8. The van der Waals surface area contributed by atoms with Crippen LogP contribution >= 0.6 is 11.6 Å². The van der Waals surface area contributed by atoms with E-state index < -0.39 is 5.97 Å². The highest BCUT2D eigenvalue weighted by molar-refractivity contribution is 6.31. The average molecular weight is 304 g/mol. The minimum Gasteiger partial charge on any atom is -0.465 e. The summed E-state index contributed by atoms with van der Waals surface area (Å²) in [4.78, 5) is 11.8. The van der Waals surface area contributed by atoms with Crippen molar-refractivity contribution in [3.05, 3.63) is 64.2 Å². The second-order valence-corrected chi connectivity index (χ2v) is 5.14. The average Bonchev–Trinajstić information content (AvgIpc) is 2.53. The van der Waals surface area contributed by atoms with E-state index in [1.165, 1.54) is 12.7 Å². The Bertz CT molecular complexity index is 623. The molecule has 2 aromatic carbocycles. The number of aryl methyl sites for hydroxylation is 1. The fraction of sp³-hybridized carbons (Fsp3) is 0.235. The lowest BCUT2D eigenvalue weighted by molar-refractivity contribution is 0.0602. The lowest BCUT2D eigenvalue weighted by Gasteiger charge is -2.11.